The van der Waals surface area contributed by atoms with E-state index in [9.17, 15) is 0 Å². The first-order valence-electron chi connectivity index (χ1n) is 10.5. The van der Waals surface area contributed by atoms with Crippen molar-refractivity contribution in [3.05, 3.63) is 36.3 Å². The first kappa shape index (κ1) is 17.5. The number of hydrogen-bond acceptors (Lipinski definition) is 6. The molecule has 2 bridgehead atoms. The summed E-state index contributed by atoms with van der Waals surface area (Å²) in [7, 11) is 2.22. The van der Waals surface area contributed by atoms with Gasteiger partial charge in [-0.1, -0.05) is 23.8 Å². The molecule has 3 aliphatic rings. The minimum absolute atomic E-state index is 0.541. The number of fused-ring (bicyclic) bond motifs is 5. The third-order valence-corrected chi connectivity index (χ3v) is 7.87. The van der Waals surface area contributed by atoms with Gasteiger partial charge in [0.25, 0.3) is 0 Å². The van der Waals surface area contributed by atoms with E-state index in [1.807, 2.05) is 23.7 Å². The maximum absolute atomic E-state index is 6.07. The highest BCUT2D eigenvalue weighted by Crippen LogP contribution is 2.45. The fourth-order valence-corrected chi connectivity index (χ4v) is 6.20. The van der Waals surface area contributed by atoms with E-state index < -0.39 is 0 Å². The molecule has 2 fully saturated rings. The molecule has 2 unspecified atom stereocenters. The molecule has 2 atom stereocenters. The molecule has 0 saturated carbocycles. The predicted molar refractivity (Wildman–Crippen MR) is 115 cm³/mol. The van der Waals surface area contributed by atoms with E-state index in [0.29, 0.717) is 24.7 Å². The van der Waals surface area contributed by atoms with Gasteiger partial charge in [-0.15, -0.1) is 0 Å². The van der Waals surface area contributed by atoms with Crippen molar-refractivity contribution < 1.29 is 4.74 Å². The molecule has 5 heterocycles. The molecule has 6 nitrogen and oxygen atoms in total. The molecule has 3 aliphatic heterocycles. The number of rotatable bonds is 3. The van der Waals surface area contributed by atoms with Gasteiger partial charge in [-0.05, 0) is 43.4 Å². The lowest BCUT2D eigenvalue weighted by Crippen LogP contribution is -2.54. The Labute approximate surface area is 174 Å². The lowest BCUT2D eigenvalue weighted by molar-refractivity contribution is 0.219. The zero-order valence-corrected chi connectivity index (χ0v) is 17.3. The second-order valence-corrected chi connectivity index (χ2v) is 9.46. The van der Waals surface area contributed by atoms with Gasteiger partial charge >= 0.3 is 0 Å². The van der Waals surface area contributed by atoms with E-state index in [1.165, 1.54) is 37.0 Å². The fraction of sp³-hybridized carbons (Fsp3) is 0.455. The largest absolute Gasteiger partial charge is 0.487 e. The molecular weight excluding hydrogens is 382 g/mol. The predicted octanol–water partition coefficient (Wildman–Crippen LogP) is 4.20. The molecular formula is C22H25N5OS. The number of anilines is 1. The van der Waals surface area contributed by atoms with Crippen LogP contribution in [-0.2, 0) is 6.61 Å². The van der Waals surface area contributed by atoms with Gasteiger partial charge in [0.2, 0.25) is 0 Å². The van der Waals surface area contributed by atoms with Crippen LogP contribution in [0.4, 0.5) is 5.13 Å². The quantitative estimate of drug-likeness (QED) is 0.681. The van der Waals surface area contributed by atoms with Gasteiger partial charge in [0.15, 0.2) is 5.13 Å². The lowest BCUT2D eigenvalue weighted by atomic mass is 9.83. The van der Waals surface area contributed by atoms with Gasteiger partial charge in [-0.2, -0.15) is 5.10 Å². The van der Waals surface area contributed by atoms with E-state index in [2.05, 4.69) is 45.7 Å². The van der Waals surface area contributed by atoms with Crippen LogP contribution in [0.5, 0.6) is 5.75 Å². The SMILES string of the molecule is CN(c1nc2c(s1)-c1ccc(-c3cn[nH]c3)cc1OC2)C1CC2CCCC(C1)N2. The van der Waals surface area contributed by atoms with Crippen LogP contribution in [-0.4, -0.2) is 40.4 Å². The second-order valence-electron chi connectivity index (χ2n) is 8.49. The first-order chi connectivity index (χ1) is 14.2. The highest BCUT2D eigenvalue weighted by atomic mass is 32.1. The summed E-state index contributed by atoms with van der Waals surface area (Å²) in [5.74, 6) is 0.936. The number of ether oxygens (including phenoxy) is 1. The number of aromatic nitrogens is 3. The minimum atomic E-state index is 0.541. The van der Waals surface area contributed by atoms with Gasteiger partial charge in [-0.3, -0.25) is 5.10 Å². The summed E-state index contributed by atoms with van der Waals surface area (Å²) >= 11 is 1.81. The van der Waals surface area contributed by atoms with Gasteiger partial charge in [-0.25, -0.2) is 4.98 Å². The Balaban J connectivity index is 1.29. The Morgan fingerprint density at radius 3 is 2.83 bits per heavy atom. The molecule has 150 valence electrons. The number of aromatic amines is 1. The normalized spacial score (nSPS) is 25.1. The Kier molecular flexibility index (Phi) is 4.13. The maximum Gasteiger partial charge on any atom is 0.186 e. The number of H-pyrrole nitrogens is 1. The molecule has 1 aromatic carbocycles. The van der Waals surface area contributed by atoms with Crippen molar-refractivity contribution in [1.82, 2.24) is 20.5 Å². The molecule has 0 amide bonds. The van der Waals surface area contributed by atoms with Crippen LogP contribution >= 0.6 is 11.3 Å². The summed E-state index contributed by atoms with van der Waals surface area (Å²) in [4.78, 5) is 8.65. The Bertz CT molecular complexity index is 1020. The highest BCUT2D eigenvalue weighted by Gasteiger charge is 2.34. The number of benzene rings is 1. The smallest absolute Gasteiger partial charge is 0.186 e. The molecule has 29 heavy (non-hydrogen) atoms. The van der Waals surface area contributed by atoms with Crippen molar-refractivity contribution in [1.29, 1.82) is 0 Å². The van der Waals surface area contributed by atoms with E-state index in [4.69, 9.17) is 9.72 Å². The zero-order chi connectivity index (χ0) is 19.4. The number of hydrogen-bond donors (Lipinski definition) is 2. The zero-order valence-electron chi connectivity index (χ0n) is 16.5. The minimum Gasteiger partial charge on any atom is -0.487 e. The van der Waals surface area contributed by atoms with E-state index in [0.717, 1.165) is 33.3 Å². The van der Waals surface area contributed by atoms with E-state index in [1.54, 1.807) is 0 Å². The van der Waals surface area contributed by atoms with E-state index >= 15 is 0 Å². The summed E-state index contributed by atoms with van der Waals surface area (Å²) < 4.78 is 6.07. The van der Waals surface area contributed by atoms with Gasteiger partial charge < -0.3 is 15.0 Å². The number of nitrogens with zero attached hydrogens (tertiary/aromatic N) is 3. The topological polar surface area (TPSA) is 66.1 Å². The Morgan fingerprint density at radius 2 is 2.03 bits per heavy atom. The summed E-state index contributed by atoms with van der Waals surface area (Å²) in [6, 6.07) is 8.33. The van der Waals surface area contributed by atoms with Crippen molar-refractivity contribution in [3.63, 3.8) is 0 Å². The molecule has 0 spiro atoms. The van der Waals surface area contributed by atoms with Crippen molar-refractivity contribution in [2.24, 2.45) is 0 Å². The average Bonchev–Trinajstić information content (AvgIpc) is 3.42. The van der Waals surface area contributed by atoms with Crippen molar-refractivity contribution in [3.8, 4) is 27.3 Å². The fourth-order valence-electron chi connectivity index (χ4n) is 5.07. The van der Waals surface area contributed by atoms with Crippen LogP contribution < -0.4 is 15.0 Å². The monoisotopic (exact) mass is 407 g/mol. The van der Waals surface area contributed by atoms with Crippen LogP contribution in [0.15, 0.2) is 30.6 Å². The molecule has 0 radical (unpaired) electrons. The third kappa shape index (κ3) is 3.04. The van der Waals surface area contributed by atoms with E-state index in [-0.39, 0.29) is 0 Å². The summed E-state index contributed by atoms with van der Waals surface area (Å²) in [5, 5.41) is 11.8. The van der Waals surface area contributed by atoms with Gasteiger partial charge in [0.1, 0.15) is 12.4 Å². The molecule has 0 aliphatic carbocycles. The number of piperidine rings is 2. The number of thiazole rings is 1. The van der Waals surface area contributed by atoms with Crippen molar-refractivity contribution in [2.75, 3.05) is 11.9 Å². The molecule has 2 saturated heterocycles. The van der Waals surface area contributed by atoms with Crippen molar-refractivity contribution in [2.45, 2.75) is 56.8 Å². The van der Waals surface area contributed by atoms with Gasteiger partial charge in [0, 0.05) is 42.5 Å². The number of nitrogens with one attached hydrogen (secondary N) is 2. The molecule has 6 rings (SSSR count). The summed E-state index contributed by atoms with van der Waals surface area (Å²) in [6.07, 6.45) is 10.2. The first-order valence-corrected chi connectivity index (χ1v) is 11.3. The summed E-state index contributed by atoms with van der Waals surface area (Å²) in [6.45, 7) is 0.541. The lowest BCUT2D eigenvalue weighted by Gasteiger charge is -2.43. The molecule has 2 N–H and O–H groups in total. The van der Waals surface area contributed by atoms with Crippen molar-refractivity contribution >= 4 is 16.5 Å². The van der Waals surface area contributed by atoms with Crippen LogP contribution in [0.1, 0.15) is 37.8 Å². The molecule has 7 heteroatoms. The molecule has 2 aromatic heterocycles. The van der Waals surface area contributed by atoms with Crippen LogP contribution in [0.25, 0.3) is 21.6 Å². The van der Waals surface area contributed by atoms with Crippen LogP contribution in [0.2, 0.25) is 0 Å². The van der Waals surface area contributed by atoms with Crippen LogP contribution in [0.3, 0.4) is 0 Å². The Hall–Kier alpha value is -2.38. The standard InChI is InChI=1S/C22H25N5OS/c1-27(17-8-15-3-2-4-16(9-17)25-15)22-26-19-12-28-20-7-13(14-10-23-24-11-14)5-6-18(20)21(19)29-22/h5-7,10-11,15-17,25H,2-4,8-9,12H2,1H3,(H,23,24). The average molecular weight is 408 g/mol. The summed E-state index contributed by atoms with van der Waals surface area (Å²) in [5.41, 5.74) is 4.40. The Morgan fingerprint density at radius 1 is 1.17 bits per heavy atom. The second kappa shape index (κ2) is 6.85. The maximum atomic E-state index is 6.07. The third-order valence-electron chi connectivity index (χ3n) is 6.65. The van der Waals surface area contributed by atoms with Crippen LogP contribution in [0, 0.1) is 0 Å². The highest BCUT2D eigenvalue weighted by molar-refractivity contribution is 7.19. The molecule has 3 aromatic rings. The van der Waals surface area contributed by atoms with Gasteiger partial charge in [0.05, 0.1) is 16.8 Å².